The molecule has 0 amide bonds. The fourth-order valence-electron chi connectivity index (χ4n) is 2.57. The van der Waals surface area contributed by atoms with E-state index < -0.39 is 0 Å². The Labute approximate surface area is 131 Å². The van der Waals surface area contributed by atoms with E-state index >= 15 is 0 Å². The minimum absolute atomic E-state index is 0.0455. The zero-order valence-electron chi connectivity index (χ0n) is 13.4. The van der Waals surface area contributed by atoms with E-state index in [0.717, 1.165) is 22.4 Å². The molecule has 0 saturated carbocycles. The minimum atomic E-state index is -0.299. The average Bonchev–Trinajstić information content (AvgIpc) is 2.48. The lowest BCUT2D eigenvalue weighted by Gasteiger charge is -2.27. The van der Waals surface area contributed by atoms with Crippen molar-refractivity contribution in [1.29, 1.82) is 0 Å². The molecule has 2 aromatic carbocycles. The number of rotatable bonds is 2. The summed E-state index contributed by atoms with van der Waals surface area (Å²) in [6.45, 7) is 8.10. The Morgan fingerprint density at radius 2 is 1.64 bits per heavy atom. The van der Waals surface area contributed by atoms with E-state index in [1.807, 2.05) is 76.2 Å². The summed E-state index contributed by atoms with van der Waals surface area (Å²) in [5.74, 6) is 0.869. The Hall–Kier alpha value is -2.35. The molecule has 0 N–H and O–H groups in total. The first-order valence-electron chi connectivity index (χ1n) is 7.50. The van der Waals surface area contributed by atoms with E-state index in [2.05, 4.69) is 0 Å². The number of ether oxygens (including phenoxy) is 1. The molecule has 1 heterocycles. The molecule has 112 valence electrons. The number of hydrogen-bond donors (Lipinski definition) is 0. The lowest BCUT2D eigenvalue weighted by Crippen LogP contribution is -2.27. The van der Waals surface area contributed by atoms with Gasteiger partial charge in [-0.2, -0.15) is 0 Å². The summed E-state index contributed by atoms with van der Waals surface area (Å²) in [6.07, 6.45) is 4.04. The standard InChI is InChI=1S/C20H20O2/c1-13-5-6-16(11-14(13)2)19(21)17-7-8-18-15(12-17)9-10-20(3,4)22-18/h5-12H,1-4H3. The SMILES string of the molecule is Cc1ccc(C(=O)c2ccc3c(c2)C=CC(C)(C)O3)cc1C. The largest absolute Gasteiger partial charge is 0.483 e. The molecule has 0 spiro atoms. The van der Waals surface area contributed by atoms with Crippen LogP contribution in [0.2, 0.25) is 0 Å². The van der Waals surface area contributed by atoms with E-state index in [0.29, 0.717) is 5.56 Å². The molecule has 1 aliphatic rings. The van der Waals surface area contributed by atoms with Crippen molar-refractivity contribution in [3.8, 4) is 5.75 Å². The van der Waals surface area contributed by atoms with Gasteiger partial charge in [-0.25, -0.2) is 0 Å². The van der Waals surface area contributed by atoms with Gasteiger partial charge >= 0.3 is 0 Å². The Bertz CT molecular complexity index is 782. The van der Waals surface area contributed by atoms with Crippen LogP contribution in [0.4, 0.5) is 0 Å². The van der Waals surface area contributed by atoms with E-state index in [4.69, 9.17) is 4.74 Å². The van der Waals surface area contributed by atoms with Crippen LogP contribution in [0.15, 0.2) is 42.5 Å². The van der Waals surface area contributed by atoms with Crippen molar-refractivity contribution in [2.24, 2.45) is 0 Å². The van der Waals surface area contributed by atoms with Gasteiger partial charge in [0.2, 0.25) is 0 Å². The summed E-state index contributed by atoms with van der Waals surface area (Å²) in [6, 6.07) is 11.5. The molecule has 0 atom stereocenters. The summed E-state index contributed by atoms with van der Waals surface area (Å²) in [4.78, 5) is 12.7. The van der Waals surface area contributed by atoms with Crippen LogP contribution in [0.3, 0.4) is 0 Å². The normalized spacial score (nSPS) is 15.1. The second-order valence-electron chi connectivity index (χ2n) is 6.42. The van der Waals surface area contributed by atoms with Crippen LogP contribution in [0.25, 0.3) is 6.08 Å². The van der Waals surface area contributed by atoms with Gasteiger partial charge in [-0.1, -0.05) is 18.2 Å². The molecular weight excluding hydrogens is 272 g/mol. The average molecular weight is 292 g/mol. The van der Waals surface area contributed by atoms with Crippen molar-refractivity contribution in [1.82, 2.24) is 0 Å². The van der Waals surface area contributed by atoms with Crippen LogP contribution in [-0.2, 0) is 0 Å². The molecule has 0 unspecified atom stereocenters. The van der Waals surface area contributed by atoms with Gasteiger partial charge in [-0.05, 0) is 69.2 Å². The van der Waals surface area contributed by atoms with Crippen LogP contribution in [-0.4, -0.2) is 11.4 Å². The van der Waals surface area contributed by atoms with E-state index in [1.54, 1.807) is 0 Å². The molecule has 3 rings (SSSR count). The van der Waals surface area contributed by atoms with Crippen LogP contribution < -0.4 is 4.74 Å². The second-order valence-corrected chi connectivity index (χ2v) is 6.42. The first kappa shape index (κ1) is 14.6. The third-order valence-electron chi connectivity index (χ3n) is 4.08. The Morgan fingerprint density at radius 1 is 0.955 bits per heavy atom. The van der Waals surface area contributed by atoms with E-state index in [1.165, 1.54) is 5.56 Å². The molecule has 0 radical (unpaired) electrons. The van der Waals surface area contributed by atoms with Gasteiger partial charge in [-0.3, -0.25) is 4.79 Å². The Morgan fingerprint density at radius 3 is 2.36 bits per heavy atom. The molecule has 2 heteroatoms. The van der Waals surface area contributed by atoms with E-state index in [-0.39, 0.29) is 11.4 Å². The van der Waals surface area contributed by atoms with Gasteiger partial charge in [0.25, 0.3) is 0 Å². The molecule has 2 nitrogen and oxygen atoms in total. The number of hydrogen-bond acceptors (Lipinski definition) is 2. The van der Waals surface area contributed by atoms with Crippen molar-refractivity contribution < 1.29 is 9.53 Å². The molecule has 22 heavy (non-hydrogen) atoms. The van der Waals surface area contributed by atoms with E-state index in [9.17, 15) is 4.79 Å². The molecule has 1 aliphatic heterocycles. The molecule has 0 aromatic heterocycles. The lowest BCUT2D eigenvalue weighted by molar-refractivity contribution is 0.103. The van der Waals surface area contributed by atoms with Crippen molar-refractivity contribution in [3.63, 3.8) is 0 Å². The van der Waals surface area contributed by atoms with Crippen LogP contribution in [0.1, 0.15) is 46.5 Å². The summed E-state index contributed by atoms with van der Waals surface area (Å²) < 4.78 is 5.90. The summed E-state index contributed by atoms with van der Waals surface area (Å²) >= 11 is 0. The lowest BCUT2D eigenvalue weighted by atomic mass is 9.96. The van der Waals surface area contributed by atoms with Gasteiger partial charge in [0, 0.05) is 16.7 Å². The maximum Gasteiger partial charge on any atom is 0.193 e. The zero-order valence-corrected chi connectivity index (χ0v) is 13.4. The highest BCUT2D eigenvalue weighted by atomic mass is 16.5. The third-order valence-corrected chi connectivity index (χ3v) is 4.08. The second kappa shape index (κ2) is 5.13. The monoisotopic (exact) mass is 292 g/mol. The number of benzene rings is 2. The number of carbonyl (C=O) groups is 1. The van der Waals surface area contributed by atoms with Gasteiger partial charge in [0.1, 0.15) is 11.4 Å². The third kappa shape index (κ3) is 2.69. The fourth-order valence-corrected chi connectivity index (χ4v) is 2.57. The predicted molar refractivity (Wildman–Crippen MR) is 89.5 cm³/mol. The van der Waals surface area contributed by atoms with Crippen molar-refractivity contribution in [3.05, 3.63) is 70.3 Å². The number of aryl methyl sites for hydroxylation is 2. The topological polar surface area (TPSA) is 26.3 Å². The first-order valence-corrected chi connectivity index (χ1v) is 7.50. The Kier molecular flexibility index (Phi) is 3.40. The zero-order chi connectivity index (χ0) is 15.9. The maximum absolute atomic E-state index is 12.7. The highest BCUT2D eigenvalue weighted by molar-refractivity contribution is 6.09. The highest BCUT2D eigenvalue weighted by Crippen LogP contribution is 2.31. The molecular formula is C20H20O2. The molecule has 0 aliphatic carbocycles. The van der Waals surface area contributed by atoms with Crippen LogP contribution in [0, 0.1) is 13.8 Å². The van der Waals surface area contributed by atoms with Crippen LogP contribution >= 0.6 is 0 Å². The Balaban J connectivity index is 1.96. The molecule has 0 bridgehead atoms. The fraction of sp³-hybridized carbons (Fsp3) is 0.250. The van der Waals surface area contributed by atoms with Gasteiger partial charge in [0.05, 0.1) is 0 Å². The predicted octanol–water partition coefficient (Wildman–Crippen LogP) is 4.72. The number of ketones is 1. The van der Waals surface area contributed by atoms with Gasteiger partial charge < -0.3 is 4.74 Å². The van der Waals surface area contributed by atoms with Crippen molar-refractivity contribution in [2.45, 2.75) is 33.3 Å². The quantitative estimate of drug-likeness (QED) is 0.749. The van der Waals surface area contributed by atoms with Gasteiger partial charge in [0.15, 0.2) is 5.78 Å². The first-order chi connectivity index (χ1) is 10.4. The molecule has 2 aromatic rings. The molecule has 0 saturated heterocycles. The van der Waals surface area contributed by atoms with Crippen LogP contribution in [0.5, 0.6) is 5.75 Å². The number of carbonyl (C=O) groups excluding carboxylic acids is 1. The summed E-state index contributed by atoms with van der Waals surface area (Å²) in [7, 11) is 0. The number of fused-ring (bicyclic) bond motifs is 1. The minimum Gasteiger partial charge on any atom is -0.483 e. The maximum atomic E-state index is 12.7. The van der Waals surface area contributed by atoms with Crippen molar-refractivity contribution >= 4 is 11.9 Å². The van der Waals surface area contributed by atoms with Gasteiger partial charge in [-0.15, -0.1) is 0 Å². The highest BCUT2D eigenvalue weighted by Gasteiger charge is 2.22. The summed E-state index contributed by atoms with van der Waals surface area (Å²) in [5.41, 5.74) is 4.40. The summed E-state index contributed by atoms with van der Waals surface area (Å²) in [5, 5.41) is 0. The molecule has 0 fully saturated rings. The smallest absolute Gasteiger partial charge is 0.193 e. The van der Waals surface area contributed by atoms with Crippen molar-refractivity contribution in [2.75, 3.05) is 0 Å².